The third kappa shape index (κ3) is 6.23. The number of anilines is 2. The molecule has 1 atom stereocenters. The standard InChI is InChI=1S/C14H25BrN4/c1-5-8-16-14-17-9-12(15)13(19-14)18-11(4)7-6-10(2)3/h9-11H,5-8H2,1-4H3,(H2,16,17,18,19). The van der Waals surface area contributed by atoms with Crippen LogP contribution in [-0.2, 0) is 0 Å². The molecule has 1 aromatic rings. The van der Waals surface area contributed by atoms with E-state index in [4.69, 9.17) is 0 Å². The van der Waals surface area contributed by atoms with E-state index in [1.807, 2.05) is 0 Å². The van der Waals surface area contributed by atoms with Crippen molar-refractivity contribution >= 4 is 27.7 Å². The van der Waals surface area contributed by atoms with Crippen molar-refractivity contribution in [2.24, 2.45) is 5.92 Å². The second-order valence-electron chi connectivity index (χ2n) is 5.33. The van der Waals surface area contributed by atoms with Crippen molar-refractivity contribution in [1.29, 1.82) is 0 Å². The van der Waals surface area contributed by atoms with Gasteiger partial charge in [-0.05, 0) is 48.0 Å². The SMILES string of the molecule is CCCNc1ncc(Br)c(NC(C)CCC(C)C)n1. The maximum absolute atomic E-state index is 4.50. The Kier molecular flexibility index (Phi) is 7.13. The van der Waals surface area contributed by atoms with Crippen molar-refractivity contribution in [3.63, 3.8) is 0 Å². The van der Waals surface area contributed by atoms with Gasteiger partial charge in [0.15, 0.2) is 0 Å². The number of rotatable bonds is 8. The summed E-state index contributed by atoms with van der Waals surface area (Å²) < 4.78 is 0.908. The van der Waals surface area contributed by atoms with Crippen molar-refractivity contribution in [3.8, 4) is 0 Å². The molecule has 1 rings (SSSR count). The van der Waals surface area contributed by atoms with Gasteiger partial charge in [0.25, 0.3) is 0 Å². The van der Waals surface area contributed by atoms with Gasteiger partial charge in [0, 0.05) is 18.8 Å². The Labute approximate surface area is 124 Å². The summed E-state index contributed by atoms with van der Waals surface area (Å²) in [6, 6.07) is 0.410. The van der Waals surface area contributed by atoms with Gasteiger partial charge in [-0.25, -0.2) is 4.98 Å². The minimum absolute atomic E-state index is 0.410. The van der Waals surface area contributed by atoms with E-state index < -0.39 is 0 Å². The van der Waals surface area contributed by atoms with Gasteiger partial charge >= 0.3 is 0 Å². The van der Waals surface area contributed by atoms with Crippen molar-refractivity contribution in [1.82, 2.24) is 9.97 Å². The van der Waals surface area contributed by atoms with Gasteiger partial charge in [0.1, 0.15) is 5.82 Å². The summed E-state index contributed by atoms with van der Waals surface area (Å²) in [4.78, 5) is 8.75. The first-order valence-corrected chi connectivity index (χ1v) is 7.85. The van der Waals surface area contributed by atoms with Crippen molar-refractivity contribution < 1.29 is 0 Å². The normalized spacial score (nSPS) is 12.5. The van der Waals surface area contributed by atoms with Crippen LogP contribution in [0.1, 0.15) is 47.0 Å². The molecule has 0 saturated carbocycles. The van der Waals surface area contributed by atoms with E-state index in [0.717, 1.165) is 35.6 Å². The van der Waals surface area contributed by atoms with Crippen LogP contribution in [0.4, 0.5) is 11.8 Å². The van der Waals surface area contributed by atoms with Crippen LogP contribution in [0.3, 0.4) is 0 Å². The third-order valence-corrected chi connectivity index (χ3v) is 3.42. The fraction of sp³-hybridized carbons (Fsp3) is 0.714. The van der Waals surface area contributed by atoms with Gasteiger partial charge in [-0.15, -0.1) is 0 Å². The molecule has 1 heterocycles. The molecule has 0 aromatic carbocycles. The van der Waals surface area contributed by atoms with Crippen LogP contribution in [0.15, 0.2) is 10.7 Å². The molecule has 108 valence electrons. The molecule has 0 aliphatic carbocycles. The quantitative estimate of drug-likeness (QED) is 0.747. The molecule has 0 bridgehead atoms. The van der Waals surface area contributed by atoms with E-state index >= 15 is 0 Å². The second-order valence-corrected chi connectivity index (χ2v) is 6.19. The summed E-state index contributed by atoms with van der Waals surface area (Å²) in [5.74, 6) is 2.29. The highest BCUT2D eigenvalue weighted by Gasteiger charge is 2.09. The maximum atomic E-state index is 4.50. The highest BCUT2D eigenvalue weighted by atomic mass is 79.9. The fourth-order valence-corrected chi connectivity index (χ4v) is 1.98. The summed E-state index contributed by atoms with van der Waals surface area (Å²) in [7, 11) is 0. The van der Waals surface area contributed by atoms with E-state index in [2.05, 4.69) is 64.2 Å². The zero-order valence-corrected chi connectivity index (χ0v) is 13.9. The summed E-state index contributed by atoms with van der Waals surface area (Å²) in [6.45, 7) is 9.71. The zero-order valence-electron chi connectivity index (χ0n) is 12.3. The molecule has 4 nitrogen and oxygen atoms in total. The minimum atomic E-state index is 0.410. The highest BCUT2D eigenvalue weighted by Crippen LogP contribution is 2.22. The van der Waals surface area contributed by atoms with Crippen LogP contribution >= 0.6 is 15.9 Å². The minimum Gasteiger partial charge on any atom is -0.367 e. The van der Waals surface area contributed by atoms with E-state index in [1.54, 1.807) is 6.20 Å². The van der Waals surface area contributed by atoms with Gasteiger partial charge in [0.2, 0.25) is 5.95 Å². The highest BCUT2D eigenvalue weighted by molar-refractivity contribution is 9.10. The van der Waals surface area contributed by atoms with E-state index in [0.29, 0.717) is 12.0 Å². The Morgan fingerprint density at radius 3 is 2.63 bits per heavy atom. The fourth-order valence-electron chi connectivity index (χ4n) is 1.68. The summed E-state index contributed by atoms with van der Waals surface area (Å²) >= 11 is 3.49. The lowest BCUT2D eigenvalue weighted by Gasteiger charge is -2.17. The number of nitrogens with one attached hydrogen (secondary N) is 2. The lowest BCUT2D eigenvalue weighted by atomic mass is 10.0. The van der Waals surface area contributed by atoms with Gasteiger partial charge in [-0.1, -0.05) is 20.8 Å². The van der Waals surface area contributed by atoms with Crippen LogP contribution < -0.4 is 10.6 Å². The molecule has 19 heavy (non-hydrogen) atoms. The summed E-state index contributed by atoms with van der Waals surface area (Å²) in [5.41, 5.74) is 0. The lowest BCUT2D eigenvalue weighted by Crippen LogP contribution is -2.18. The number of halogens is 1. The Hall–Kier alpha value is -0.840. The smallest absolute Gasteiger partial charge is 0.224 e. The molecule has 2 N–H and O–H groups in total. The lowest BCUT2D eigenvalue weighted by molar-refractivity contribution is 0.527. The number of aromatic nitrogens is 2. The van der Waals surface area contributed by atoms with E-state index in [9.17, 15) is 0 Å². The second kappa shape index (κ2) is 8.35. The largest absolute Gasteiger partial charge is 0.367 e. The molecule has 5 heteroatoms. The molecule has 0 saturated heterocycles. The molecule has 0 spiro atoms. The molecule has 0 amide bonds. The third-order valence-electron chi connectivity index (χ3n) is 2.84. The Morgan fingerprint density at radius 2 is 2.00 bits per heavy atom. The average molecular weight is 329 g/mol. The number of hydrogen-bond acceptors (Lipinski definition) is 4. The molecule has 1 aromatic heterocycles. The van der Waals surface area contributed by atoms with Gasteiger partial charge < -0.3 is 10.6 Å². The van der Waals surface area contributed by atoms with Gasteiger partial charge in [-0.3, -0.25) is 0 Å². The Balaban J connectivity index is 2.60. The van der Waals surface area contributed by atoms with Crippen LogP contribution in [0.25, 0.3) is 0 Å². The number of hydrogen-bond donors (Lipinski definition) is 2. The van der Waals surface area contributed by atoms with Crippen LogP contribution in [0.2, 0.25) is 0 Å². The first-order chi connectivity index (χ1) is 9.02. The number of nitrogens with zero attached hydrogens (tertiary/aromatic N) is 2. The monoisotopic (exact) mass is 328 g/mol. The van der Waals surface area contributed by atoms with Crippen molar-refractivity contribution in [2.45, 2.75) is 53.0 Å². The summed E-state index contributed by atoms with van der Waals surface area (Å²) in [5, 5.41) is 6.65. The maximum Gasteiger partial charge on any atom is 0.224 e. The van der Waals surface area contributed by atoms with Crippen molar-refractivity contribution in [3.05, 3.63) is 10.7 Å². The molecular formula is C14H25BrN4. The van der Waals surface area contributed by atoms with E-state index in [1.165, 1.54) is 6.42 Å². The molecule has 0 aliphatic heterocycles. The first-order valence-electron chi connectivity index (χ1n) is 7.05. The zero-order chi connectivity index (χ0) is 14.3. The van der Waals surface area contributed by atoms with Gasteiger partial charge in [-0.2, -0.15) is 4.98 Å². The summed E-state index contributed by atoms with van der Waals surface area (Å²) in [6.07, 6.45) is 5.22. The van der Waals surface area contributed by atoms with Crippen LogP contribution in [-0.4, -0.2) is 22.6 Å². The predicted molar refractivity (Wildman–Crippen MR) is 85.7 cm³/mol. The predicted octanol–water partition coefficient (Wildman–Crippen LogP) is 4.30. The topological polar surface area (TPSA) is 49.8 Å². The molecular weight excluding hydrogens is 304 g/mol. The van der Waals surface area contributed by atoms with Crippen molar-refractivity contribution in [2.75, 3.05) is 17.2 Å². The molecule has 1 unspecified atom stereocenters. The van der Waals surface area contributed by atoms with Crippen LogP contribution in [0, 0.1) is 5.92 Å². The molecule has 0 radical (unpaired) electrons. The molecule has 0 aliphatic rings. The van der Waals surface area contributed by atoms with E-state index in [-0.39, 0.29) is 0 Å². The van der Waals surface area contributed by atoms with Crippen LogP contribution in [0.5, 0.6) is 0 Å². The molecule has 0 fully saturated rings. The average Bonchev–Trinajstić information content (AvgIpc) is 2.37. The Morgan fingerprint density at radius 1 is 1.26 bits per heavy atom. The van der Waals surface area contributed by atoms with Gasteiger partial charge in [0.05, 0.1) is 4.47 Å². The Bertz CT molecular complexity index is 382. The first kappa shape index (κ1) is 16.2.